The molecule has 1 aliphatic heterocycles. The summed E-state index contributed by atoms with van der Waals surface area (Å²) in [5.41, 5.74) is 0.413. The predicted molar refractivity (Wildman–Crippen MR) is 103 cm³/mol. The van der Waals surface area contributed by atoms with E-state index < -0.39 is 0 Å². The summed E-state index contributed by atoms with van der Waals surface area (Å²) in [7, 11) is 3.66. The van der Waals surface area contributed by atoms with E-state index in [4.69, 9.17) is 4.74 Å². The molecular formula is C16H33IN4O. The van der Waals surface area contributed by atoms with E-state index in [9.17, 15) is 0 Å². The predicted octanol–water partition coefficient (Wildman–Crippen LogP) is 2.02. The van der Waals surface area contributed by atoms with Crippen molar-refractivity contribution in [1.29, 1.82) is 0 Å². The number of rotatable bonds is 7. The molecule has 2 fully saturated rings. The van der Waals surface area contributed by atoms with Crippen LogP contribution in [0.3, 0.4) is 0 Å². The van der Waals surface area contributed by atoms with Crippen LogP contribution in [0.25, 0.3) is 0 Å². The highest BCUT2D eigenvalue weighted by molar-refractivity contribution is 14.0. The van der Waals surface area contributed by atoms with Crippen LogP contribution in [0.1, 0.15) is 33.1 Å². The number of halogens is 1. The van der Waals surface area contributed by atoms with Gasteiger partial charge in [0.05, 0.1) is 6.61 Å². The zero-order chi connectivity index (χ0) is 15.3. The Bertz CT molecular complexity index is 358. The van der Waals surface area contributed by atoms with Crippen molar-refractivity contribution in [1.82, 2.24) is 15.1 Å². The Morgan fingerprint density at radius 1 is 1.36 bits per heavy atom. The third kappa shape index (κ3) is 6.20. The molecule has 6 heteroatoms. The van der Waals surface area contributed by atoms with Gasteiger partial charge in [0.2, 0.25) is 0 Å². The number of methoxy groups -OCH3 is 1. The van der Waals surface area contributed by atoms with Crippen molar-refractivity contribution in [3.63, 3.8) is 0 Å². The van der Waals surface area contributed by atoms with Crippen molar-refractivity contribution < 1.29 is 4.74 Å². The summed E-state index contributed by atoms with van der Waals surface area (Å²) in [6.45, 7) is 10.8. The largest absolute Gasteiger partial charge is 0.383 e. The quantitative estimate of drug-likeness (QED) is 0.386. The molecular weight excluding hydrogens is 391 g/mol. The van der Waals surface area contributed by atoms with E-state index in [-0.39, 0.29) is 24.0 Å². The van der Waals surface area contributed by atoms with E-state index in [1.54, 1.807) is 7.11 Å². The number of aliphatic imine (C=N–C) groups is 1. The van der Waals surface area contributed by atoms with Crippen molar-refractivity contribution >= 4 is 29.9 Å². The first-order valence-electron chi connectivity index (χ1n) is 8.24. The maximum atomic E-state index is 5.21. The highest BCUT2D eigenvalue weighted by Crippen LogP contribution is 2.28. The first-order chi connectivity index (χ1) is 10.1. The smallest absolute Gasteiger partial charge is 0.193 e. The lowest BCUT2D eigenvalue weighted by Crippen LogP contribution is -2.44. The first-order valence-corrected chi connectivity index (χ1v) is 8.24. The van der Waals surface area contributed by atoms with Crippen LogP contribution in [0.4, 0.5) is 0 Å². The van der Waals surface area contributed by atoms with Crippen LogP contribution >= 0.6 is 24.0 Å². The molecule has 22 heavy (non-hydrogen) atoms. The van der Waals surface area contributed by atoms with E-state index in [0.29, 0.717) is 5.41 Å². The van der Waals surface area contributed by atoms with Gasteiger partial charge in [-0.25, -0.2) is 0 Å². The summed E-state index contributed by atoms with van der Waals surface area (Å²) in [6.07, 6.45) is 3.94. The minimum absolute atomic E-state index is 0. The lowest BCUT2D eigenvalue weighted by molar-refractivity contribution is 0.144. The Hall–Kier alpha value is -0.0800. The monoisotopic (exact) mass is 424 g/mol. The highest BCUT2D eigenvalue weighted by Gasteiger charge is 2.31. The highest BCUT2D eigenvalue weighted by atomic mass is 127. The molecule has 1 N–H and O–H groups in total. The second kappa shape index (κ2) is 9.27. The van der Waals surface area contributed by atoms with Crippen LogP contribution in [0.5, 0.6) is 0 Å². The molecule has 1 aliphatic carbocycles. The van der Waals surface area contributed by atoms with Crippen molar-refractivity contribution in [2.45, 2.75) is 39.2 Å². The lowest BCUT2D eigenvalue weighted by atomic mass is 9.93. The van der Waals surface area contributed by atoms with Gasteiger partial charge >= 0.3 is 0 Å². The van der Waals surface area contributed by atoms with Gasteiger partial charge in [0.25, 0.3) is 0 Å². The molecule has 1 heterocycles. The average Bonchev–Trinajstić information content (AvgIpc) is 3.22. The van der Waals surface area contributed by atoms with Crippen LogP contribution in [-0.2, 0) is 4.74 Å². The second-order valence-corrected chi connectivity index (χ2v) is 7.07. The third-order valence-electron chi connectivity index (χ3n) is 4.52. The van der Waals surface area contributed by atoms with Gasteiger partial charge in [0.1, 0.15) is 0 Å². The topological polar surface area (TPSA) is 40.1 Å². The summed E-state index contributed by atoms with van der Waals surface area (Å²) >= 11 is 0. The molecule has 5 nitrogen and oxygen atoms in total. The molecule has 0 amide bonds. The number of nitrogens with zero attached hydrogens (tertiary/aromatic N) is 3. The first kappa shape index (κ1) is 20.0. The van der Waals surface area contributed by atoms with Gasteiger partial charge in [-0.3, -0.25) is 9.89 Å². The zero-order valence-corrected chi connectivity index (χ0v) is 16.9. The summed E-state index contributed by atoms with van der Waals surface area (Å²) in [4.78, 5) is 9.37. The Morgan fingerprint density at radius 3 is 2.59 bits per heavy atom. The van der Waals surface area contributed by atoms with Gasteiger partial charge < -0.3 is 15.0 Å². The molecule has 0 bridgehead atoms. The maximum Gasteiger partial charge on any atom is 0.193 e. The fraction of sp³-hybridized carbons (Fsp3) is 0.938. The van der Waals surface area contributed by atoms with E-state index in [2.05, 4.69) is 34.0 Å². The molecule has 0 aromatic rings. The van der Waals surface area contributed by atoms with Crippen LogP contribution in [0, 0.1) is 5.41 Å². The summed E-state index contributed by atoms with van der Waals surface area (Å²) in [6, 6.07) is 0.787. The van der Waals surface area contributed by atoms with Gasteiger partial charge in [0.15, 0.2) is 5.96 Å². The van der Waals surface area contributed by atoms with E-state index >= 15 is 0 Å². The molecule has 2 rings (SSSR count). The Kier molecular flexibility index (Phi) is 8.42. The summed E-state index contributed by atoms with van der Waals surface area (Å²) in [5, 5.41) is 3.53. The number of likely N-dealkylation sites (tertiary alicyclic amines) is 1. The minimum atomic E-state index is 0. The number of hydrogen-bond donors (Lipinski definition) is 1. The van der Waals surface area contributed by atoms with Gasteiger partial charge in [-0.05, 0) is 24.7 Å². The van der Waals surface area contributed by atoms with Crippen molar-refractivity contribution in [3.8, 4) is 0 Å². The van der Waals surface area contributed by atoms with Gasteiger partial charge in [-0.2, -0.15) is 0 Å². The van der Waals surface area contributed by atoms with E-state index in [1.807, 2.05) is 7.05 Å². The Morgan fingerprint density at radius 2 is 2.09 bits per heavy atom. The molecule has 0 atom stereocenters. The Balaban J connectivity index is 0.00000242. The molecule has 0 aromatic carbocycles. The van der Waals surface area contributed by atoms with Crippen LogP contribution < -0.4 is 5.32 Å². The standard InChI is InChI=1S/C16H32N4O.HI/c1-16(2)7-9-20(13-16)15(17-3)18-8-10-19(11-12-21-4)14-5-6-14;/h14H,5-13H2,1-4H3,(H,17,18);1H. The van der Waals surface area contributed by atoms with Gasteiger partial charge in [-0.1, -0.05) is 13.8 Å². The van der Waals surface area contributed by atoms with Crippen LogP contribution in [-0.4, -0.2) is 75.3 Å². The number of hydrogen-bond acceptors (Lipinski definition) is 3. The molecule has 0 unspecified atom stereocenters. The molecule has 0 aromatic heterocycles. The zero-order valence-electron chi connectivity index (χ0n) is 14.6. The summed E-state index contributed by atoms with van der Waals surface area (Å²) < 4.78 is 5.21. The number of ether oxygens (including phenoxy) is 1. The Labute approximate surface area is 152 Å². The minimum Gasteiger partial charge on any atom is -0.383 e. The normalized spacial score (nSPS) is 21.1. The van der Waals surface area contributed by atoms with Crippen molar-refractivity contribution in [3.05, 3.63) is 0 Å². The molecule has 0 radical (unpaired) electrons. The lowest BCUT2D eigenvalue weighted by Gasteiger charge is -2.26. The molecule has 1 saturated carbocycles. The fourth-order valence-corrected chi connectivity index (χ4v) is 3.06. The SMILES string of the molecule is CN=C(NCCN(CCOC)C1CC1)N1CCC(C)(C)C1.I. The average molecular weight is 424 g/mol. The van der Waals surface area contributed by atoms with Crippen LogP contribution in [0.15, 0.2) is 4.99 Å². The van der Waals surface area contributed by atoms with Crippen molar-refractivity contribution in [2.24, 2.45) is 10.4 Å². The van der Waals surface area contributed by atoms with E-state index in [1.165, 1.54) is 19.3 Å². The van der Waals surface area contributed by atoms with E-state index in [0.717, 1.165) is 51.3 Å². The van der Waals surface area contributed by atoms with Crippen LogP contribution in [0.2, 0.25) is 0 Å². The fourth-order valence-electron chi connectivity index (χ4n) is 3.06. The molecule has 130 valence electrons. The van der Waals surface area contributed by atoms with Crippen molar-refractivity contribution in [2.75, 3.05) is 53.5 Å². The molecule has 2 aliphatic rings. The number of nitrogens with one attached hydrogen (secondary N) is 1. The summed E-state index contributed by atoms with van der Waals surface area (Å²) in [5.74, 6) is 1.06. The molecule has 1 saturated heterocycles. The van der Waals surface area contributed by atoms with Gasteiger partial charge in [0, 0.05) is 52.9 Å². The third-order valence-corrected chi connectivity index (χ3v) is 4.52. The van der Waals surface area contributed by atoms with Gasteiger partial charge in [-0.15, -0.1) is 24.0 Å². The molecule has 0 spiro atoms. The second-order valence-electron chi connectivity index (χ2n) is 7.07. The number of guanidine groups is 1. The maximum absolute atomic E-state index is 5.21.